The van der Waals surface area contributed by atoms with E-state index in [1.165, 1.54) is 0 Å². The van der Waals surface area contributed by atoms with Crippen molar-refractivity contribution in [3.63, 3.8) is 0 Å². The Labute approximate surface area is 55.2 Å². The quantitative estimate of drug-likeness (QED) is 0.502. The fraction of sp³-hybridized carbons (Fsp3) is 0. The molecule has 0 bridgehead atoms. The fourth-order valence-corrected chi connectivity index (χ4v) is 0. The van der Waals surface area contributed by atoms with Gasteiger partial charge in [-0.15, -0.1) is 0 Å². The molecule has 0 aliphatic heterocycles. The van der Waals surface area contributed by atoms with Crippen LogP contribution in [0.25, 0.3) is 0 Å². The van der Waals surface area contributed by atoms with Crippen LogP contribution in [0.4, 0.5) is 4.79 Å². The molecule has 0 saturated heterocycles. The van der Waals surface area contributed by atoms with Gasteiger partial charge >= 0.3 is 33.7 Å². The second kappa shape index (κ2) is 16.8. The first-order chi connectivity index (χ1) is 2.73. The van der Waals surface area contributed by atoms with Crippen LogP contribution in [-0.4, -0.2) is 16.4 Å². The molecular formula is CH5NO4Zr. The van der Waals surface area contributed by atoms with Crippen molar-refractivity contribution >= 4 is 6.16 Å². The molecule has 0 saturated carbocycles. The van der Waals surface area contributed by atoms with Crippen LogP contribution in [0.1, 0.15) is 0 Å². The Morgan fingerprint density at radius 1 is 1.29 bits per heavy atom. The van der Waals surface area contributed by atoms with Gasteiger partial charge < -0.3 is 16.4 Å². The van der Waals surface area contributed by atoms with Gasteiger partial charge in [0, 0.05) is 0 Å². The molecule has 0 aromatic heterocycles. The Hall–Kier alpha value is -0.0869. The van der Waals surface area contributed by atoms with Crippen LogP contribution in [0.5, 0.6) is 0 Å². The van der Waals surface area contributed by atoms with Crippen LogP contribution in [0.3, 0.4) is 0 Å². The zero-order valence-corrected chi connectivity index (χ0v) is 5.88. The van der Waals surface area contributed by atoms with Crippen molar-refractivity contribution in [3.05, 3.63) is 0 Å². The minimum atomic E-state index is -1.83. The monoisotopic (exact) mass is 185 g/mol. The van der Waals surface area contributed by atoms with Crippen molar-refractivity contribution in [2.24, 2.45) is 0 Å². The van der Waals surface area contributed by atoms with Crippen LogP contribution in [-0.2, 0) is 27.5 Å². The molecule has 0 fully saturated rings. The summed E-state index contributed by atoms with van der Waals surface area (Å²) >= 11 is 0.300. The molecule has 0 radical (unpaired) electrons. The summed E-state index contributed by atoms with van der Waals surface area (Å²) in [5.74, 6) is 0. The molecule has 0 aromatic rings. The third-order valence-corrected chi connectivity index (χ3v) is 0. The van der Waals surface area contributed by atoms with Crippen LogP contribution >= 0.6 is 0 Å². The van der Waals surface area contributed by atoms with Crippen LogP contribution < -0.4 is 6.15 Å². The number of hydrogen-bond acceptors (Lipinski definition) is 3. The molecule has 5 nitrogen and oxygen atoms in total. The van der Waals surface area contributed by atoms with E-state index < -0.39 is 6.16 Å². The Morgan fingerprint density at radius 3 is 1.29 bits per heavy atom. The van der Waals surface area contributed by atoms with Gasteiger partial charge in [0.2, 0.25) is 0 Å². The second-order valence-corrected chi connectivity index (χ2v) is 0.283. The Morgan fingerprint density at radius 2 is 1.29 bits per heavy atom. The van der Waals surface area contributed by atoms with E-state index >= 15 is 0 Å². The maximum atomic E-state index is 8.56. The van der Waals surface area contributed by atoms with E-state index in [-0.39, 0.29) is 6.15 Å². The van der Waals surface area contributed by atoms with Gasteiger partial charge in [-0.3, -0.25) is 0 Å². The Balaban J connectivity index is -0.0000000480. The number of hydrogen-bond donors (Lipinski definition) is 3. The summed E-state index contributed by atoms with van der Waals surface area (Å²) in [6.45, 7) is 0. The molecule has 42 valence electrons. The SMILES string of the molecule is N.O=C(O)O.[O]=[Zr]. The van der Waals surface area contributed by atoms with Crippen molar-refractivity contribution < 1.29 is 42.5 Å². The van der Waals surface area contributed by atoms with Crippen molar-refractivity contribution in [1.82, 2.24) is 6.15 Å². The van der Waals surface area contributed by atoms with Gasteiger partial charge in [0.1, 0.15) is 0 Å². The topological polar surface area (TPSA) is 110 Å². The number of carboxylic acid groups (broad SMARTS) is 2. The maximum absolute atomic E-state index is 8.56. The number of carbonyl (C=O) groups is 1. The summed E-state index contributed by atoms with van der Waals surface area (Å²) in [5.41, 5.74) is 0. The molecule has 7 heavy (non-hydrogen) atoms. The molecule has 0 heterocycles. The number of rotatable bonds is 0. The average Bonchev–Trinajstić information content (AvgIpc) is 1.41. The van der Waals surface area contributed by atoms with Gasteiger partial charge in [-0.05, 0) is 0 Å². The zero-order chi connectivity index (χ0) is 5.58. The van der Waals surface area contributed by atoms with E-state index in [1.807, 2.05) is 0 Å². The first-order valence-corrected chi connectivity index (χ1v) is 1.86. The molecule has 6 heteroatoms. The summed E-state index contributed by atoms with van der Waals surface area (Å²) in [4.78, 5) is 8.56. The first kappa shape index (κ1) is 15.8. The van der Waals surface area contributed by atoms with Crippen molar-refractivity contribution in [3.8, 4) is 0 Å². The third kappa shape index (κ3) is 12000. The van der Waals surface area contributed by atoms with Gasteiger partial charge in [-0.1, -0.05) is 0 Å². The van der Waals surface area contributed by atoms with Gasteiger partial charge in [0.05, 0.1) is 0 Å². The summed E-state index contributed by atoms with van der Waals surface area (Å²) in [6.07, 6.45) is -1.83. The Bertz CT molecular complexity index is 43.0. The first-order valence-electron chi connectivity index (χ1n) is 0.855. The normalized spacial score (nSPS) is 3.86. The van der Waals surface area contributed by atoms with Crippen LogP contribution in [0, 0.1) is 0 Å². The molecule has 0 unspecified atom stereocenters. The van der Waals surface area contributed by atoms with Crippen molar-refractivity contribution in [1.29, 1.82) is 0 Å². The molecule has 0 atom stereocenters. The van der Waals surface area contributed by atoms with E-state index in [0.29, 0.717) is 24.7 Å². The summed E-state index contributed by atoms with van der Waals surface area (Å²) in [5, 5.41) is 13.9. The van der Waals surface area contributed by atoms with Gasteiger partial charge in [0.25, 0.3) is 0 Å². The molecule has 0 amide bonds. The Kier molecular flexibility index (Phi) is 37.9. The van der Waals surface area contributed by atoms with Crippen molar-refractivity contribution in [2.75, 3.05) is 0 Å². The summed E-state index contributed by atoms with van der Waals surface area (Å²) < 4.78 is 8.34. The van der Waals surface area contributed by atoms with Gasteiger partial charge in [-0.25, -0.2) is 4.79 Å². The van der Waals surface area contributed by atoms with E-state index in [1.54, 1.807) is 0 Å². The van der Waals surface area contributed by atoms with Gasteiger partial charge in [0.15, 0.2) is 0 Å². The average molecular weight is 186 g/mol. The van der Waals surface area contributed by atoms with E-state index in [0.717, 1.165) is 0 Å². The summed E-state index contributed by atoms with van der Waals surface area (Å²) in [7, 11) is 0. The fourth-order valence-electron chi connectivity index (χ4n) is 0. The molecule has 0 spiro atoms. The van der Waals surface area contributed by atoms with Crippen LogP contribution in [0.2, 0.25) is 0 Å². The van der Waals surface area contributed by atoms with Crippen LogP contribution in [0.15, 0.2) is 0 Å². The summed E-state index contributed by atoms with van der Waals surface area (Å²) in [6, 6.07) is 0. The predicted molar refractivity (Wildman–Crippen MR) is 16.4 cm³/mol. The van der Waals surface area contributed by atoms with E-state index in [2.05, 4.69) is 0 Å². The minimum absolute atomic E-state index is 0. The second-order valence-electron chi connectivity index (χ2n) is 0.283. The standard InChI is InChI=1S/CH2O3.H3N.O.Zr/c2-1(3)4;;;/h(H2,2,3,4);1H3;;. The molecule has 0 rings (SSSR count). The van der Waals surface area contributed by atoms with E-state index in [9.17, 15) is 0 Å². The molecule has 0 aliphatic rings. The van der Waals surface area contributed by atoms with Gasteiger partial charge in [-0.2, -0.15) is 0 Å². The molecule has 0 aromatic carbocycles. The van der Waals surface area contributed by atoms with E-state index in [4.69, 9.17) is 17.8 Å². The van der Waals surface area contributed by atoms with Crippen molar-refractivity contribution in [2.45, 2.75) is 0 Å². The predicted octanol–water partition coefficient (Wildman–Crippen LogP) is 0.263. The molecular weight excluding hydrogens is 181 g/mol. The molecule has 0 aliphatic carbocycles. The third-order valence-electron chi connectivity index (χ3n) is 0. The zero-order valence-electron chi connectivity index (χ0n) is 3.42. The molecule has 5 N–H and O–H groups in total.